The van der Waals surface area contributed by atoms with Gasteiger partial charge in [-0.25, -0.2) is 9.78 Å². The van der Waals surface area contributed by atoms with Crippen molar-refractivity contribution in [3.63, 3.8) is 0 Å². The average Bonchev–Trinajstić information content (AvgIpc) is 3.82. The number of aryl methyl sites for hydroxylation is 1. The summed E-state index contributed by atoms with van der Waals surface area (Å²) in [6, 6.07) is 17.3. The number of methoxy groups -OCH3 is 1. The summed E-state index contributed by atoms with van der Waals surface area (Å²) in [5.74, 6) is 1.28. The van der Waals surface area contributed by atoms with Crippen LogP contribution in [-0.2, 0) is 17.8 Å². The number of aliphatic carboxylic acids is 1. The van der Waals surface area contributed by atoms with E-state index in [9.17, 15) is 14.7 Å². The number of rotatable bonds is 10. The Labute approximate surface area is 305 Å². The second-order valence-electron chi connectivity index (χ2n) is 13.8. The third kappa shape index (κ3) is 6.38. The first-order chi connectivity index (χ1) is 25.3. The Morgan fingerprint density at radius 3 is 2.67 bits per heavy atom. The van der Waals surface area contributed by atoms with Crippen LogP contribution in [0, 0.1) is 6.92 Å². The summed E-state index contributed by atoms with van der Waals surface area (Å²) in [5.41, 5.74) is 7.86. The van der Waals surface area contributed by atoms with E-state index in [1.807, 2.05) is 54.9 Å². The van der Waals surface area contributed by atoms with E-state index in [1.54, 1.807) is 24.5 Å². The topological polar surface area (TPSA) is 128 Å². The van der Waals surface area contributed by atoms with E-state index in [1.165, 1.54) is 42.8 Å². The van der Waals surface area contributed by atoms with Gasteiger partial charge in [0.1, 0.15) is 23.9 Å². The van der Waals surface area contributed by atoms with Gasteiger partial charge in [0.2, 0.25) is 0 Å². The number of aromatic amines is 1. The number of amides is 1. The minimum absolute atomic E-state index is 0.179. The predicted molar refractivity (Wildman–Crippen MR) is 202 cm³/mol. The van der Waals surface area contributed by atoms with Crippen LogP contribution in [0.1, 0.15) is 83.2 Å². The van der Waals surface area contributed by atoms with Crippen molar-refractivity contribution in [1.29, 1.82) is 0 Å². The van der Waals surface area contributed by atoms with Crippen LogP contribution in [-0.4, -0.2) is 51.3 Å². The molecule has 11 heteroatoms. The first-order valence-corrected chi connectivity index (χ1v) is 18.8. The van der Waals surface area contributed by atoms with Crippen LogP contribution in [0.4, 0.5) is 0 Å². The summed E-state index contributed by atoms with van der Waals surface area (Å²) in [6.07, 6.45) is 7.41. The monoisotopic (exact) mass is 718 g/mol. The summed E-state index contributed by atoms with van der Waals surface area (Å²) in [7, 11) is 1.67. The molecule has 0 saturated heterocycles. The van der Waals surface area contributed by atoms with E-state index in [0.717, 1.165) is 62.6 Å². The third-order valence-electron chi connectivity index (χ3n) is 10.5. The Hall–Kier alpha value is -5.29. The van der Waals surface area contributed by atoms with Crippen molar-refractivity contribution in [3.05, 3.63) is 93.6 Å². The van der Waals surface area contributed by atoms with Gasteiger partial charge in [-0.2, -0.15) is 0 Å². The number of carbonyl (C=O) groups excluding carboxylic acids is 1. The van der Waals surface area contributed by atoms with E-state index in [4.69, 9.17) is 19.2 Å². The summed E-state index contributed by atoms with van der Waals surface area (Å²) >= 11 is 1.55. The number of H-pyrrole nitrogens is 1. The first kappa shape index (κ1) is 33.8. The predicted octanol–water partition coefficient (Wildman–Crippen LogP) is 8.57. The van der Waals surface area contributed by atoms with Crippen LogP contribution in [0.2, 0.25) is 0 Å². The number of aromatic nitrogens is 3. The number of ether oxygens (including phenoxy) is 3. The molecule has 1 aliphatic carbocycles. The lowest BCUT2D eigenvalue weighted by Crippen LogP contribution is -2.30. The number of benzene rings is 3. The Morgan fingerprint density at radius 2 is 1.90 bits per heavy atom. The molecule has 4 heterocycles. The highest BCUT2D eigenvalue weighted by Gasteiger charge is 2.30. The largest absolute Gasteiger partial charge is 0.497 e. The molecule has 2 aliphatic rings. The molecule has 0 bridgehead atoms. The van der Waals surface area contributed by atoms with Gasteiger partial charge in [-0.05, 0) is 86.2 Å². The van der Waals surface area contributed by atoms with Crippen molar-refractivity contribution in [2.45, 2.75) is 77.0 Å². The van der Waals surface area contributed by atoms with Crippen molar-refractivity contribution in [3.8, 4) is 28.5 Å². The fourth-order valence-corrected chi connectivity index (χ4v) is 8.59. The lowest BCUT2D eigenvalue weighted by atomic mass is 9.81. The van der Waals surface area contributed by atoms with Crippen LogP contribution in [0.15, 0.2) is 66.2 Å². The second kappa shape index (κ2) is 14.0. The van der Waals surface area contributed by atoms with Crippen LogP contribution < -0.4 is 19.5 Å². The SMILES string of the molecule is COc1ccc2c(c1)OCCn1c-2c(C2CCCCC2)c2ccc(C(=O)N[C@@H](Cc3c[nH]c4ccc(OC(C)C(=O)O)cc34)c3csc(C)n3)cc21. The number of fused-ring (bicyclic) bond motifs is 6. The van der Waals surface area contributed by atoms with Crippen LogP contribution in [0.5, 0.6) is 17.2 Å². The minimum atomic E-state index is -1.03. The molecule has 1 amide bonds. The summed E-state index contributed by atoms with van der Waals surface area (Å²) in [4.78, 5) is 33.8. The molecule has 0 spiro atoms. The number of carboxylic acids is 1. The van der Waals surface area contributed by atoms with E-state index >= 15 is 0 Å². The number of nitrogens with zero attached hydrogens (tertiary/aromatic N) is 2. The molecular formula is C41H42N4O6S. The van der Waals surface area contributed by atoms with Gasteiger partial charge in [-0.15, -0.1) is 11.3 Å². The molecule has 3 aromatic heterocycles. The molecular weight excluding hydrogens is 677 g/mol. The maximum atomic E-state index is 14.3. The first-order valence-electron chi connectivity index (χ1n) is 18.0. The van der Waals surface area contributed by atoms with E-state index < -0.39 is 18.1 Å². The summed E-state index contributed by atoms with van der Waals surface area (Å²) in [5, 5.41) is 17.7. The molecule has 1 unspecified atom stereocenters. The fraction of sp³-hybridized carbons (Fsp3) is 0.341. The van der Waals surface area contributed by atoms with E-state index in [-0.39, 0.29) is 5.91 Å². The van der Waals surface area contributed by atoms with Gasteiger partial charge in [0.25, 0.3) is 5.91 Å². The summed E-state index contributed by atoms with van der Waals surface area (Å²) < 4.78 is 19.9. The van der Waals surface area contributed by atoms with Gasteiger partial charge < -0.3 is 34.2 Å². The number of nitrogens with one attached hydrogen (secondary N) is 2. The molecule has 3 N–H and O–H groups in total. The molecule has 1 aliphatic heterocycles. The van der Waals surface area contributed by atoms with Crippen molar-refractivity contribution in [2.75, 3.05) is 13.7 Å². The Kier molecular flexibility index (Phi) is 9.13. The van der Waals surface area contributed by atoms with Gasteiger partial charge >= 0.3 is 5.97 Å². The molecule has 10 nitrogen and oxygen atoms in total. The Morgan fingerprint density at radius 1 is 1.08 bits per heavy atom. The van der Waals surface area contributed by atoms with Crippen molar-refractivity contribution >= 4 is 45.0 Å². The molecule has 3 aromatic carbocycles. The molecule has 1 fully saturated rings. The lowest BCUT2D eigenvalue weighted by Gasteiger charge is -2.23. The number of carbonyl (C=O) groups is 2. The number of thiazole rings is 1. The number of hydrogen-bond donors (Lipinski definition) is 3. The molecule has 0 radical (unpaired) electrons. The zero-order chi connectivity index (χ0) is 35.9. The number of carboxylic acid groups (broad SMARTS) is 1. The van der Waals surface area contributed by atoms with Crippen molar-refractivity contribution < 1.29 is 28.9 Å². The highest BCUT2D eigenvalue weighted by atomic mass is 32.1. The van der Waals surface area contributed by atoms with Gasteiger partial charge in [-0.3, -0.25) is 4.79 Å². The summed E-state index contributed by atoms with van der Waals surface area (Å²) in [6.45, 7) is 4.64. The highest BCUT2D eigenvalue weighted by molar-refractivity contribution is 7.09. The van der Waals surface area contributed by atoms with Gasteiger partial charge in [0.15, 0.2) is 6.10 Å². The zero-order valence-corrected chi connectivity index (χ0v) is 30.3. The van der Waals surface area contributed by atoms with Gasteiger partial charge in [-0.1, -0.05) is 25.3 Å². The minimum Gasteiger partial charge on any atom is -0.497 e. The Bertz CT molecular complexity index is 2300. The van der Waals surface area contributed by atoms with Crippen LogP contribution in [0.25, 0.3) is 33.1 Å². The maximum Gasteiger partial charge on any atom is 0.344 e. The van der Waals surface area contributed by atoms with Crippen molar-refractivity contribution in [2.24, 2.45) is 0 Å². The normalized spacial score (nSPS) is 15.7. The lowest BCUT2D eigenvalue weighted by molar-refractivity contribution is -0.144. The molecule has 52 heavy (non-hydrogen) atoms. The average molecular weight is 719 g/mol. The molecule has 6 aromatic rings. The Balaban J connectivity index is 1.15. The molecule has 1 saturated carbocycles. The van der Waals surface area contributed by atoms with Gasteiger partial charge in [0, 0.05) is 57.0 Å². The smallest absolute Gasteiger partial charge is 0.344 e. The highest BCUT2D eigenvalue weighted by Crippen LogP contribution is 2.48. The van der Waals surface area contributed by atoms with E-state index in [2.05, 4.69) is 27.0 Å². The van der Waals surface area contributed by atoms with Crippen LogP contribution in [0.3, 0.4) is 0 Å². The molecule has 8 rings (SSSR count). The molecule has 2 atom stereocenters. The fourth-order valence-electron chi connectivity index (χ4n) is 7.92. The third-order valence-corrected chi connectivity index (χ3v) is 11.3. The second-order valence-corrected chi connectivity index (χ2v) is 14.9. The molecule has 268 valence electrons. The van der Waals surface area contributed by atoms with Gasteiger partial charge in [0.05, 0.1) is 36.1 Å². The van der Waals surface area contributed by atoms with Crippen molar-refractivity contribution in [1.82, 2.24) is 19.9 Å². The maximum absolute atomic E-state index is 14.3. The number of hydrogen-bond acceptors (Lipinski definition) is 7. The zero-order valence-electron chi connectivity index (χ0n) is 29.5. The van der Waals surface area contributed by atoms with Crippen LogP contribution >= 0.6 is 11.3 Å². The standard InChI is InChI=1S/C41H42N4O6S/c1-23(41(47)48)51-29-11-14-33-32(19-29)27(21-42-33)17-34(35-22-52-24(2)43-35)44-40(46)26-9-12-30-36(18-26)45-15-16-50-37-20-28(49-3)10-13-31(37)39(45)38(30)25-7-5-4-6-8-25/h9-14,18-23,25,34,42H,4-8,15-17H2,1-3H3,(H,44,46)(H,47,48)/t23?,34-/m0/s1. The quantitative estimate of drug-likeness (QED) is 0.130. The van der Waals surface area contributed by atoms with E-state index in [0.29, 0.717) is 36.8 Å².